The lowest BCUT2D eigenvalue weighted by Gasteiger charge is -2.19. The SMILES string of the molecule is Cc1ccc(C(=O)O)c(NC(C)CC(C)C)c1. The van der Waals surface area contributed by atoms with E-state index < -0.39 is 5.97 Å². The summed E-state index contributed by atoms with van der Waals surface area (Å²) < 4.78 is 0. The molecular weight excluding hydrogens is 214 g/mol. The Morgan fingerprint density at radius 3 is 2.53 bits per heavy atom. The predicted octanol–water partition coefficient (Wildman–Crippen LogP) is 3.54. The summed E-state index contributed by atoms with van der Waals surface area (Å²) in [7, 11) is 0. The second-order valence-corrected chi connectivity index (χ2v) is 5.03. The Kier molecular flexibility index (Phi) is 4.55. The highest BCUT2D eigenvalue weighted by molar-refractivity contribution is 5.94. The Hall–Kier alpha value is -1.51. The van der Waals surface area contributed by atoms with E-state index in [2.05, 4.69) is 26.1 Å². The maximum Gasteiger partial charge on any atom is 0.337 e. The maximum absolute atomic E-state index is 11.1. The van der Waals surface area contributed by atoms with Crippen molar-refractivity contribution in [3.63, 3.8) is 0 Å². The van der Waals surface area contributed by atoms with Crippen LogP contribution in [0.1, 0.15) is 43.1 Å². The van der Waals surface area contributed by atoms with Crippen LogP contribution in [-0.2, 0) is 0 Å². The van der Waals surface area contributed by atoms with E-state index in [1.165, 1.54) is 0 Å². The molecule has 0 radical (unpaired) electrons. The van der Waals surface area contributed by atoms with Crippen molar-refractivity contribution in [1.82, 2.24) is 0 Å². The number of rotatable bonds is 5. The molecule has 0 saturated heterocycles. The lowest BCUT2D eigenvalue weighted by molar-refractivity contribution is 0.0698. The van der Waals surface area contributed by atoms with Crippen molar-refractivity contribution in [2.75, 3.05) is 5.32 Å². The topological polar surface area (TPSA) is 49.3 Å². The number of carbonyl (C=O) groups is 1. The van der Waals surface area contributed by atoms with Crippen LogP contribution >= 0.6 is 0 Å². The van der Waals surface area contributed by atoms with Gasteiger partial charge in [0.1, 0.15) is 0 Å². The predicted molar refractivity (Wildman–Crippen MR) is 70.7 cm³/mol. The Balaban J connectivity index is 2.88. The Bertz CT molecular complexity index is 399. The zero-order valence-corrected chi connectivity index (χ0v) is 10.9. The average molecular weight is 235 g/mol. The fourth-order valence-electron chi connectivity index (χ4n) is 2.00. The number of hydrogen-bond acceptors (Lipinski definition) is 2. The van der Waals surface area contributed by atoms with Gasteiger partial charge in [0.15, 0.2) is 0 Å². The minimum Gasteiger partial charge on any atom is -0.478 e. The number of anilines is 1. The van der Waals surface area contributed by atoms with E-state index in [-0.39, 0.29) is 6.04 Å². The van der Waals surface area contributed by atoms with E-state index in [0.29, 0.717) is 17.2 Å². The standard InChI is InChI=1S/C14H21NO2/c1-9(2)7-11(4)15-13-8-10(3)5-6-12(13)14(16)17/h5-6,8-9,11,15H,7H2,1-4H3,(H,16,17). The average Bonchev–Trinajstić information content (AvgIpc) is 2.15. The van der Waals surface area contributed by atoms with Gasteiger partial charge in [-0.2, -0.15) is 0 Å². The van der Waals surface area contributed by atoms with E-state index in [1.807, 2.05) is 19.1 Å². The van der Waals surface area contributed by atoms with Crippen LogP contribution < -0.4 is 5.32 Å². The summed E-state index contributed by atoms with van der Waals surface area (Å²) in [5.74, 6) is -0.292. The summed E-state index contributed by atoms with van der Waals surface area (Å²) in [6.07, 6.45) is 1.02. The summed E-state index contributed by atoms with van der Waals surface area (Å²) in [4.78, 5) is 11.1. The molecule has 0 aliphatic rings. The first kappa shape index (κ1) is 13.6. The zero-order chi connectivity index (χ0) is 13.0. The van der Waals surface area contributed by atoms with E-state index in [1.54, 1.807) is 6.07 Å². The van der Waals surface area contributed by atoms with Gasteiger partial charge in [-0.15, -0.1) is 0 Å². The molecule has 0 fully saturated rings. The molecular formula is C14H21NO2. The van der Waals surface area contributed by atoms with E-state index in [0.717, 1.165) is 12.0 Å². The van der Waals surface area contributed by atoms with Crippen LogP contribution in [0.15, 0.2) is 18.2 Å². The van der Waals surface area contributed by atoms with Gasteiger partial charge < -0.3 is 10.4 Å². The number of carboxylic acid groups (broad SMARTS) is 1. The molecule has 0 amide bonds. The summed E-state index contributed by atoms with van der Waals surface area (Å²) >= 11 is 0. The Morgan fingerprint density at radius 2 is 2.00 bits per heavy atom. The maximum atomic E-state index is 11.1. The first-order chi connectivity index (χ1) is 7.90. The highest BCUT2D eigenvalue weighted by atomic mass is 16.4. The molecule has 0 saturated carbocycles. The van der Waals surface area contributed by atoms with E-state index in [4.69, 9.17) is 5.11 Å². The van der Waals surface area contributed by atoms with Crippen LogP contribution in [0.5, 0.6) is 0 Å². The third-order valence-electron chi connectivity index (χ3n) is 2.63. The lowest BCUT2D eigenvalue weighted by Crippen LogP contribution is -2.19. The second kappa shape index (κ2) is 5.71. The van der Waals surface area contributed by atoms with Gasteiger partial charge in [0.2, 0.25) is 0 Å². The molecule has 1 unspecified atom stereocenters. The molecule has 1 rings (SSSR count). The smallest absolute Gasteiger partial charge is 0.337 e. The summed E-state index contributed by atoms with van der Waals surface area (Å²) in [6.45, 7) is 8.36. The minimum absolute atomic E-state index is 0.273. The minimum atomic E-state index is -0.885. The molecule has 3 heteroatoms. The monoisotopic (exact) mass is 235 g/mol. The number of benzene rings is 1. The van der Waals surface area contributed by atoms with Crippen LogP contribution in [0.2, 0.25) is 0 Å². The summed E-state index contributed by atoms with van der Waals surface area (Å²) in [5, 5.41) is 12.4. The summed E-state index contributed by atoms with van der Waals surface area (Å²) in [5.41, 5.74) is 2.12. The first-order valence-electron chi connectivity index (χ1n) is 6.00. The number of nitrogens with one attached hydrogen (secondary N) is 1. The normalized spacial score (nSPS) is 12.5. The lowest BCUT2D eigenvalue weighted by atomic mass is 10.0. The van der Waals surface area contributed by atoms with Crippen molar-refractivity contribution in [2.45, 2.75) is 40.2 Å². The largest absolute Gasteiger partial charge is 0.478 e. The van der Waals surface area contributed by atoms with Crippen molar-refractivity contribution < 1.29 is 9.90 Å². The van der Waals surface area contributed by atoms with Crippen molar-refractivity contribution in [2.24, 2.45) is 5.92 Å². The van der Waals surface area contributed by atoms with Crippen molar-refractivity contribution in [1.29, 1.82) is 0 Å². The third kappa shape index (κ3) is 4.10. The van der Waals surface area contributed by atoms with Gasteiger partial charge in [0.05, 0.1) is 5.56 Å². The molecule has 17 heavy (non-hydrogen) atoms. The molecule has 3 nitrogen and oxygen atoms in total. The van der Waals surface area contributed by atoms with Crippen LogP contribution in [-0.4, -0.2) is 17.1 Å². The van der Waals surface area contributed by atoms with Crippen molar-refractivity contribution >= 4 is 11.7 Å². The Morgan fingerprint density at radius 1 is 1.35 bits per heavy atom. The van der Waals surface area contributed by atoms with Crippen LogP contribution in [0.3, 0.4) is 0 Å². The fraction of sp³-hybridized carbons (Fsp3) is 0.500. The van der Waals surface area contributed by atoms with Crippen LogP contribution in [0, 0.1) is 12.8 Å². The molecule has 1 aromatic carbocycles. The number of aromatic carboxylic acids is 1. The number of hydrogen-bond donors (Lipinski definition) is 2. The number of carboxylic acids is 1. The van der Waals surface area contributed by atoms with Gasteiger partial charge in [-0.25, -0.2) is 4.79 Å². The van der Waals surface area contributed by atoms with Gasteiger partial charge in [0.25, 0.3) is 0 Å². The first-order valence-corrected chi connectivity index (χ1v) is 6.00. The molecule has 1 aromatic rings. The highest BCUT2D eigenvalue weighted by Crippen LogP contribution is 2.20. The van der Waals surface area contributed by atoms with E-state index in [9.17, 15) is 4.79 Å². The van der Waals surface area contributed by atoms with Gasteiger partial charge in [0, 0.05) is 11.7 Å². The molecule has 0 spiro atoms. The van der Waals surface area contributed by atoms with Gasteiger partial charge in [-0.3, -0.25) is 0 Å². The van der Waals surface area contributed by atoms with Gasteiger partial charge >= 0.3 is 5.97 Å². The number of aryl methyl sites for hydroxylation is 1. The molecule has 0 bridgehead atoms. The quantitative estimate of drug-likeness (QED) is 0.820. The molecule has 0 aliphatic carbocycles. The Labute approximate surface area is 103 Å². The molecule has 94 valence electrons. The molecule has 0 aromatic heterocycles. The van der Waals surface area contributed by atoms with E-state index >= 15 is 0 Å². The van der Waals surface area contributed by atoms with Crippen molar-refractivity contribution in [3.05, 3.63) is 29.3 Å². The molecule has 0 aliphatic heterocycles. The van der Waals surface area contributed by atoms with Crippen LogP contribution in [0.4, 0.5) is 5.69 Å². The van der Waals surface area contributed by atoms with Gasteiger partial charge in [-0.1, -0.05) is 19.9 Å². The van der Waals surface area contributed by atoms with Gasteiger partial charge in [-0.05, 0) is 43.9 Å². The second-order valence-electron chi connectivity index (χ2n) is 5.03. The molecule has 0 heterocycles. The van der Waals surface area contributed by atoms with Crippen molar-refractivity contribution in [3.8, 4) is 0 Å². The third-order valence-corrected chi connectivity index (χ3v) is 2.63. The summed E-state index contributed by atoms with van der Waals surface area (Å²) in [6, 6.07) is 5.64. The highest BCUT2D eigenvalue weighted by Gasteiger charge is 2.12. The molecule has 1 atom stereocenters. The molecule has 2 N–H and O–H groups in total. The van der Waals surface area contributed by atoms with Crippen LogP contribution in [0.25, 0.3) is 0 Å². The zero-order valence-electron chi connectivity index (χ0n) is 10.9. The fourth-order valence-corrected chi connectivity index (χ4v) is 2.00.